The third-order valence-electron chi connectivity index (χ3n) is 3.61. The summed E-state index contributed by atoms with van der Waals surface area (Å²) >= 11 is 5.96. The van der Waals surface area contributed by atoms with Crippen molar-refractivity contribution in [2.24, 2.45) is 5.92 Å². The van der Waals surface area contributed by atoms with Crippen LogP contribution in [0.5, 0.6) is 0 Å². The first-order chi connectivity index (χ1) is 9.34. The number of hydrogen-bond acceptors (Lipinski definition) is 4. The van der Waals surface area contributed by atoms with Crippen LogP contribution >= 0.6 is 11.6 Å². The number of nitrogens with zero attached hydrogens (tertiary/aromatic N) is 4. The molecule has 1 aliphatic rings. The molecule has 5 nitrogen and oxygen atoms in total. The largest absolute Gasteiger partial charge is 0.316 e. The van der Waals surface area contributed by atoms with E-state index in [-0.39, 0.29) is 6.04 Å². The lowest BCUT2D eigenvalue weighted by atomic mass is 9.87. The second kappa shape index (κ2) is 5.67. The zero-order valence-corrected chi connectivity index (χ0v) is 11.3. The molecule has 1 fully saturated rings. The highest BCUT2D eigenvalue weighted by atomic mass is 35.5. The topological polar surface area (TPSA) is 55.6 Å². The number of halogens is 1. The Morgan fingerprint density at radius 3 is 2.79 bits per heavy atom. The molecule has 2 aromatic rings. The van der Waals surface area contributed by atoms with Crippen molar-refractivity contribution in [2.75, 3.05) is 13.1 Å². The third kappa shape index (κ3) is 2.77. The number of rotatable bonds is 3. The van der Waals surface area contributed by atoms with Gasteiger partial charge in [-0.2, -0.15) is 4.80 Å². The van der Waals surface area contributed by atoms with Crippen LogP contribution < -0.4 is 5.32 Å². The second-order valence-electron chi connectivity index (χ2n) is 4.86. The second-order valence-corrected chi connectivity index (χ2v) is 5.30. The number of benzene rings is 1. The summed E-state index contributed by atoms with van der Waals surface area (Å²) in [5.74, 6) is 0.476. The van der Waals surface area contributed by atoms with Gasteiger partial charge in [-0.05, 0) is 48.2 Å². The fraction of sp³-hybridized carbons (Fsp3) is 0.462. The predicted octanol–water partition coefficient (Wildman–Crippen LogP) is 1.92. The molecule has 0 spiro atoms. The Morgan fingerprint density at radius 1 is 1.32 bits per heavy atom. The van der Waals surface area contributed by atoms with E-state index in [0.29, 0.717) is 5.92 Å². The number of hydrogen-bond donors (Lipinski definition) is 1. The molecule has 0 aliphatic carbocycles. The van der Waals surface area contributed by atoms with Crippen LogP contribution in [-0.2, 0) is 0 Å². The molecule has 0 unspecified atom stereocenters. The Hall–Kier alpha value is -1.46. The zero-order valence-electron chi connectivity index (χ0n) is 10.5. The molecule has 2 atom stereocenters. The summed E-state index contributed by atoms with van der Waals surface area (Å²) in [5, 5.41) is 16.3. The van der Waals surface area contributed by atoms with Crippen LogP contribution in [0, 0.1) is 5.92 Å². The molecule has 1 aromatic heterocycles. The fourth-order valence-corrected chi connectivity index (χ4v) is 2.83. The summed E-state index contributed by atoms with van der Waals surface area (Å²) < 4.78 is 0. The molecule has 6 heteroatoms. The van der Waals surface area contributed by atoms with Gasteiger partial charge in [-0.15, -0.1) is 10.2 Å². The monoisotopic (exact) mass is 277 g/mol. The Morgan fingerprint density at radius 2 is 2.16 bits per heavy atom. The minimum atomic E-state index is 0.118. The molecule has 1 N–H and O–H groups in total. The van der Waals surface area contributed by atoms with Crippen LogP contribution in [0.25, 0.3) is 0 Å². The average Bonchev–Trinajstić information content (AvgIpc) is 2.96. The molecule has 1 saturated heterocycles. The predicted molar refractivity (Wildman–Crippen MR) is 73.0 cm³/mol. The molecule has 0 saturated carbocycles. The summed E-state index contributed by atoms with van der Waals surface area (Å²) in [7, 11) is 0. The number of tetrazole rings is 1. The third-order valence-corrected chi connectivity index (χ3v) is 3.86. The van der Waals surface area contributed by atoms with Crippen molar-refractivity contribution >= 4 is 11.6 Å². The maximum atomic E-state index is 5.96. The zero-order chi connectivity index (χ0) is 13.1. The van der Waals surface area contributed by atoms with E-state index in [1.165, 1.54) is 24.7 Å². The maximum Gasteiger partial charge on any atom is 0.162 e. The van der Waals surface area contributed by atoms with Gasteiger partial charge in [-0.1, -0.05) is 23.7 Å². The van der Waals surface area contributed by atoms with Gasteiger partial charge in [0.25, 0.3) is 0 Å². The van der Waals surface area contributed by atoms with Gasteiger partial charge in [-0.3, -0.25) is 0 Å². The molecule has 3 rings (SSSR count). The Labute approximate surface area is 117 Å². The van der Waals surface area contributed by atoms with Crippen molar-refractivity contribution in [1.29, 1.82) is 0 Å². The van der Waals surface area contributed by atoms with Gasteiger partial charge >= 0.3 is 0 Å². The first-order valence-corrected chi connectivity index (χ1v) is 6.91. The van der Waals surface area contributed by atoms with E-state index in [0.717, 1.165) is 18.1 Å². The van der Waals surface area contributed by atoms with Crippen LogP contribution in [-0.4, -0.2) is 33.3 Å². The van der Waals surface area contributed by atoms with Crippen molar-refractivity contribution in [3.8, 4) is 0 Å². The molecule has 0 radical (unpaired) electrons. The maximum absolute atomic E-state index is 5.96. The van der Waals surface area contributed by atoms with Gasteiger partial charge in [-0.25, -0.2) is 0 Å². The molecule has 19 heavy (non-hydrogen) atoms. The van der Waals surface area contributed by atoms with Crippen molar-refractivity contribution in [1.82, 2.24) is 25.5 Å². The van der Waals surface area contributed by atoms with Crippen molar-refractivity contribution < 1.29 is 0 Å². The van der Waals surface area contributed by atoms with Crippen molar-refractivity contribution in [3.05, 3.63) is 41.2 Å². The normalized spacial score (nSPS) is 21.2. The first-order valence-electron chi connectivity index (χ1n) is 6.53. The average molecular weight is 278 g/mol. The van der Waals surface area contributed by atoms with Crippen LogP contribution in [0.4, 0.5) is 0 Å². The fourth-order valence-electron chi connectivity index (χ4n) is 2.70. The van der Waals surface area contributed by atoms with Gasteiger partial charge in [0.05, 0.1) is 0 Å². The smallest absolute Gasteiger partial charge is 0.162 e. The molecular formula is C13H16ClN5. The summed E-state index contributed by atoms with van der Waals surface area (Å²) in [5.41, 5.74) is 1.18. The van der Waals surface area contributed by atoms with Crippen molar-refractivity contribution in [3.63, 3.8) is 0 Å². The number of piperidine rings is 1. The number of nitrogens with one attached hydrogen (secondary N) is 1. The molecule has 2 heterocycles. The lowest BCUT2D eigenvalue weighted by Gasteiger charge is -2.30. The molecule has 0 bridgehead atoms. The van der Waals surface area contributed by atoms with E-state index in [1.54, 1.807) is 4.80 Å². The SMILES string of the molecule is Clc1ccc([C@H]([C@H]2CCCNC2)n2ncnn2)cc1. The highest BCUT2D eigenvalue weighted by Crippen LogP contribution is 2.30. The quantitative estimate of drug-likeness (QED) is 0.931. The van der Waals surface area contributed by atoms with Gasteiger partial charge in [0.2, 0.25) is 0 Å². The first kappa shape index (κ1) is 12.6. The molecule has 0 amide bonds. The van der Waals surface area contributed by atoms with E-state index in [4.69, 9.17) is 11.6 Å². The van der Waals surface area contributed by atoms with Crippen LogP contribution in [0.15, 0.2) is 30.6 Å². The minimum absolute atomic E-state index is 0.118. The van der Waals surface area contributed by atoms with Gasteiger partial charge in [0.1, 0.15) is 6.04 Å². The van der Waals surface area contributed by atoms with E-state index < -0.39 is 0 Å². The number of aromatic nitrogens is 4. The molecule has 1 aromatic carbocycles. The molecule has 1 aliphatic heterocycles. The van der Waals surface area contributed by atoms with Crippen LogP contribution in [0.2, 0.25) is 5.02 Å². The molecular weight excluding hydrogens is 262 g/mol. The lowest BCUT2D eigenvalue weighted by molar-refractivity contribution is 0.261. The highest BCUT2D eigenvalue weighted by Gasteiger charge is 2.28. The molecule has 100 valence electrons. The van der Waals surface area contributed by atoms with E-state index in [2.05, 4.69) is 20.7 Å². The minimum Gasteiger partial charge on any atom is -0.316 e. The summed E-state index contributed by atoms with van der Waals surface area (Å²) in [6, 6.07) is 8.04. The summed E-state index contributed by atoms with van der Waals surface area (Å²) in [6.45, 7) is 2.07. The van der Waals surface area contributed by atoms with Gasteiger partial charge in [0.15, 0.2) is 6.33 Å². The van der Waals surface area contributed by atoms with Crippen molar-refractivity contribution in [2.45, 2.75) is 18.9 Å². The van der Waals surface area contributed by atoms with E-state index in [1.807, 2.05) is 24.3 Å². The summed E-state index contributed by atoms with van der Waals surface area (Å²) in [4.78, 5) is 1.71. The van der Waals surface area contributed by atoms with Gasteiger partial charge in [0, 0.05) is 11.6 Å². The Bertz CT molecular complexity index is 504. The van der Waals surface area contributed by atoms with Crippen LogP contribution in [0.3, 0.4) is 0 Å². The van der Waals surface area contributed by atoms with Gasteiger partial charge < -0.3 is 5.32 Å². The van der Waals surface area contributed by atoms with E-state index >= 15 is 0 Å². The highest BCUT2D eigenvalue weighted by molar-refractivity contribution is 6.30. The van der Waals surface area contributed by atoms with Crippen LogP contribution in [0.1, 0.15) is 24.4 Å². The summed E-state index contributed by atoms with van der Waals surface area (Å²) in [6.07, 6.45) is 3.84. The van der Waals surface area contributed by atoms with E-state index in [9.17, 15) is 0 Å². The lowest BCUT2D eigenvalue weighted by Crippen LogP contribution is -2.36. The standard InChI is InChI=1S/C13H16ClN5/c14-12-5-3-10(4-6-12)13(19-17-9-16-18-19)11-2-1-7-15-8-11/h3-6,9,11,13,15H,1-2,7-8H2/t11-,13+/m0/s1. The Kier molecular flexibility index (Phi) is 3.75. The Balaban J connectivity index is 1.93.